The summed E-state index contributed by atoms with van der Waals surface area (Å²) in [7, 11) is 0. The van der Waals surface area contributed by atoms with Gasteiger partial charge in [0.15, 0.2) is 0 Å². The molecule has 1 rings (SSSR count). The van der Waals surface area contributed by atoms with Crippen LogP contribution in [0.4, 0.5) is 13.2 Å². The van der Waals surface area contributed by atoms with Crippen molar-refractivity contribution in [3.05, 3.63) is 0 Å². The first-order valence-electron chi connectivity index (χ1n) is 4.31. The fraction of sp³-hybridized carbons (Fsp3) is 1.00. The highest BCUT2D eigenvalue weighted by Gasteiger charge is 2.31. The lowest BCUT2D eigenvalue weighted by atomic mass is 9.94. The summed E-state index contributed by atoms with van der Waals surface area (Å²) in [6, 6.07) is 0. The van der Waals surface area contributed by atoms with Crippen LogP contribution < -0.4 is 0 Å². The molecule has 1 saturated heterocycles. The van der Waals surface area contributed by atoms with E-state index >= 15 is 0 Å². The highest BCUT2D eigenvalue weighted by molar-refractivity contribution is 4.73. The number of aliphatic hydroxyl groups excluding tert-OH is 1. The first kappa shape index (κ1) is 10.8. The highest BCUT2D eigenvalue weighted by atomic mass is 19.4. The minimum Gasteiger partial charge on any atom is -0.393 e. The van der Waals surface area contributed by atoms with Gasteiger partial charge in [0, 0.05) is 18.9 Å². The lowest BCUT2D eigenvalue weighted by Crippen LogP contribution is -2.32. The van der Waals surface area contributed by atoms with E-state index in [0.717, 1.165) is 0 Å². The average Bonchev–Trinajstić information content (AvgIpc) is 2.01. The summed E-state index contributed by atoms with van der Waals surface area (Å²) in [5.41, 5.74) is 0. The topological polar surface area (TPSA) is 29.5 Å². The van der Waals surface area contributed by atoms with Gasteiger partial charge in [-0.25, -0.2) is 0 Å². The standard InChI is InChI=1S/C8H13F3O2/c9-8(10,11)3-1-6-5-13-4-2-7(6)12/h6-7,12H,1-5H2. The van der Waals surface area contributed by atoms with Crippen molar-refractivity contribution in [2.45, 2.75) is 31.5 Å². The molecule has 1 fully saturated rings. The van der Waals surface area contributed by atoms with E-state index in [4.69, 9.17) is 4.74 Å². The Hall–Kier alpha value is -0.290. The first-order chi connectivity index (χ1) is 5.99. The van der Waals surface area contributed by atoms with Crippen LogP contribution in [0.3, 0.4) is 0 Å². The van der Waals surface area contributed by atoms with E-state index < -0.39 is 18.7 Å². The quantitative estimate of drug-likeness (QED) is 0.732. The molecule has 2 unspecified atom stereocenters. The van der Waals surface area contributed by atoms with Gasteiger partial charge in [-0.3, -0.25) is 0 Å². The maximum atomic E-state index is 11.8. The molecule has 2 atom stereocenters. The van der Waals surface area contributed by atoms with Crippen LogP contribution in [0.5, 0.6) is 0 Å². The van der Waals surface area contributed by atoms with Crippen molar-refractivity contribution in [2.24, 2.45) is 5.92 Å². The zero-order valence-electron chi connectivity index (χ0n) is 7.18. The molecule has 1 heterocycles. The van der Waals surface area contributed by atoms with Gasteiger partial charge in [0.1, 0.15) is 0 Å². The van der Waals surface area contributed by atoms with Gasteiger partial charge >= 0.3 is 6.18 Å². The third-order valence-corrected chi connectivity index (χ3v) is 2.23. The molecule has 13 heavy (non-hydrogen) atoms. The van der Waals surface area contributed by atoms with Crippen LogP contribution in [-0.4, -0.2) is 30.6 Å². The minimum absolute atomic E-state index is 0.0370. The van der Waals surface area contributed by atoms with Crippen molar-refractivity contribution in [2.75, 3.05) is 13.2 Å². The molecule has 5 heteroatoms. The highest BCUT2D eigenvalue weighted by Crippen LogP contribution is 2.27. The molecule has 0 radical (unpaired) electrons. The number of halogens is 3. The summed E-state index contributed by atoms with van der Waals surface area (Å²) >= 11 is 0. The van der Waals surface area contributed by atoms with Crippen molar-refractivity contribution >= 4 is 0 Å². The van der Waals surface area contributed by atoms with Crippen LogP contribution in [0, 0.1) is 5.92 Å². The number of hydrogen-bond donors (Lipinski definition) is 1. The number of ether oxygens (including phenoxy) is 1. The van der Waals surface area contributed by atoms with Gasteiger partial charge in [-0.15, -0.1) is 0 Å². The molecule has 0 aromatic rings. The smallest absolute Gasteiger partial charge is 0.389 e. The van der Waals surface area contributed by atoms with Crippen LogP contribution in [-0.2, 0) is 4.74 Å². The molecule has 0 spiro atoms. The lowest BCUT2D eigenvalue weighted by molar-refractivity contribution is -0.143. The Morgan fingerprint density at radius 3 is 2.62 bits per heavy atom. The van der Waals surface area contributed by atoms with Crippen molar-refractivity contribution in [1.29, 1.82) is 0 Å². The summed E-state index contributed by atoms with van der Waals surface area (Å²) in [6.07, 6.45) is -5.18. The molecule has 0 amide bonds. The molecular formula is C8H13F3O2. The zero-order valence-corrected chi connectivity index (χ0v) is 7.18. The van der Waals surface area contributed by atoms with Crippen LogP contribution in [0.25, 0.3) is 0 Å². The van der Waals surface area contributed by atoms with Crippen LogP contribution in [0.1, 0.15) is 19.3 Å². The fourth-order valence-corrected chi connectivity index (χ4v) is 1.41. The summed E-state index contributed by atoms with van der Waals surface area (Å²) < 4.78 is 40.4. The van der Waals surface area contributed by atoms with E-state index in [0.29, 0.717) is 13.0 Å². The van der Waals surface area contributed by atoms with Crippen molar-refractivity contribution in [1.82, 2.24) is 0 Å². The Bertz CT molecular complexity index is 158. The molecular weight excluding hydrogens is 185 g/mol. The van der Waals surface area contributed by atoms with E-state index in [2.05, 4.69) is 0 Å². The van der Waals surface area contributed by atoms with Gasteiger partial charge in [-0.1, -0.05) is 0 Å². The van der Waals surface area contributed by atoms with Crippen LogP contribution in [0.2, 0.25) is 0 Å². The van der Waals surface area contributed by atoms with E-state index in [1.165, 1.54) is 0 Å². The van der Waals surface area contributed by atoms with E-state index in [1.54, 1.807) is 0 Å². The number of rotatable bonds is 2. The molecule has 0 aromatic heterocycles. The SMILES string of the molecule is OC1CCOCC1CCC(F)(F)F. The van der Waals surface area contributed by atoms with E-state index in [9.17, 15) is 18.3 Å². The van der Waals surface area contributed by atoms with Gasteiger partial charge in [0.2, 0.25) is 0 Å². The van der Waals surface area contributed by atoms with Gasteiger partial charge in [-0.05, 0) is 12.8 Å². The molecule has 0 aromatic carbocycles. The second-order valence-corrected chi connectivity index (χ2v) is 3.34. The molecule has 0 aliphatic carbocycles. The zero-order chi connectivity index (χ0) is 9.90. The third-order valence-electron chi connectivity index (χ3n) is 2.23. The number of aliphatic hydroxyl groups is 1. The molecule has 1 N–H and O–H groups in total. The minimum atomic E-state index is -4.13. The molecule has 2 nitrogen and oxygen atoms in total. The maximum absolute atomic E-state index is 11.8. The lowest BCUT2D eigenvalue weighted by Gasteiger charge is -2.27. The fourth-order valence-electron chi connectivity index (χ4n) is 1.41. The van der Waals surface area contributed by atoms with Gasteiger partial charge in [-0.2, -0.15) is 13.2 Å². The number of hydrogen-bond acceptors (Lipinski definition) is 2. The van der Waals surface area contributed by atoms with Gasteiger partial charge < -0.3 is 9.84 Å². The Balaban J connectivity index is 2.27. The Morgan fingerprint density at radius 2 is 2.08 bits per heavy atom. The molecule has 78 valence electrons. The van der Waals surface area contributed by atoms with E-state index in [-0.39, 0.29) is 18.9 Å². The van der Waals surface area contributed by atoms with Crippen molar-refractivity contribution in [3.8, 4) is 0 Å². The maximum Gasteiger partial charge on any atom is 0.389 e. The third kappa shape index (κ3) is 3.95. The first-order valence-corrected chi connectivity index (χ1v) is 4.31. The largest absolute Gasteiger partial charge is 0.393 e. The van der Waals surface area contributed by atoms with E-state index in [1.807, 2.05) is 0 Å². The molecule has 1 aliphatic rings. The van der Waals surface area contributed by atoms with Crippen molar-refractivity contribution in [3.63, 3.8) is 0 Å². The Morgan fingerprint density at radius 1 is 1.38 bits per heavy atom. The second kappa shape index (κ2) is 4.28. The van der Waals surface area contributed by atoms with Gasteiger partial charge in [0.05, 0.1) is 12.7 Å². The molecule has 1 aliphatic heterocycles. The molecule has 0 saturated carbocycles. The molecule has 0 bridgehead atoms. The summed E-state index contributed by atoms with van der Waals surface area (Å²) in [6.45, 7) is 0.695. The summed E-state index contributed by atoms with van der Waals surface area (Å²) in [4.78, 5) is 0. The monoisotopic (exact) mass is 198 g/mol. The summed E-state index contributed by atoms with van der Waals surface area (Å²) in [5, 5.41) is 9.32. The Labute approximate surface area is 74.7 Å². The average molecular weight is 198 g/mol. The van der Waals surface area contributed by atoms with Crippen molar-refractivity contribution < 1.29 is 23.0 Å². The predicted molar refractivity (Wildman–Crippen MR) is 40.2 cm³/mol. The van der Waals surface area contributed by atoms with Gasteiger partial charge in [0.25, 0.3) is 0 Å². The normalized spacial score (nSPS) is 30.5. The van der Waals surface area contributed by atoms with Crippen LogP contribution >= 0.6 is 0 Å². The second-order valence-electron chi connectivity index (χ2n) is 3.34. The predicted octanol–water partition coefficient (Wildman–Crippen LogP) is 1.73. The Kier molecular flexibility index (Phi) is 3.55. The van der Waals surface area contributed by atoms with Crippen LogP contribution in [0.15, 0.2) is 0 Å². The number of alkyl halides is 3. The summed E-state index contributed by atoms with van der Waals surface area (Å²) in [5.74, 6) is -0.352.